The summed E-state index contributed by atoms with van der Waals surface area (Å²) in [6.07, 6.45) is 2.02. The standard InChI is InChI=1S/C11H16ClFN4/c1-2-3-4-15-11(17-14)16-10-6-8(12)5-9(13)7-10/h5-7H,2-4,14H2,1H3,(H2,15,16,17). The number of rotatable bonds is 4. The summed E-state index contributed by atoms with van der Waals surface area (Å²) in [7, 11) is 0. The number of hydrogen-bond donors (Lipinski definition) is 3. The molecule has 0 aliphatic heterocycles. The molecule has 6 heteroatoms. The van der Waals surface area contributed by atoms with Crippen LogP contribution in [0.1, 0.15) is 19.8 Å². The number of guanidine groups is 1. The highest BCUT2D eigenvalue weighted by molar-refractivity contribution is 6.30. The molecule has 0 atom stereocenters. The molecule has 0 spiro atoms. The molecule has 0 aliphatic carbocycles. The van der Waals surface area contributed by atoms with E-state index in [1.807, 2.05) is 0 Å². The first kappa shape index (κ1) is 13.7. The van der Waals surface area contributed by atoms with Crippen molar-refractivity contribution >= 4 is 23.2 Å². The number of nitrogens with zero attached hydrogens (tertiary/aromatic N) is 1. The summed E-state index contributed by atoms with van der Waals surface area (Å²) in [5, 5.41) is 3.18. The van der Waals surface area contributed by atoms with Gasteiger partial charge in [0.15, 0.2) is 0 Å². The van der Waals surface area contributed by atoms with E-state index in [4.69, 9.17) is 17.4 Å². The quantitative estimate of drug-likeness (QED) is 0.256. The SMILES string of the molecule is CCCCN=C(NN)Nc1cc(F)cc(Cl)c1. The Hall–Kier alpha value is -1.33. The van der Waals surface area contributed by atoms with E-state index in [9.17, 15) is 4.39 Å². The molecule has 0 bridgehead atoms. The van der Waals surface area contributed by atoms with Crippen molar-refractivity contribution in [2.75, 3.05) is 11.9 Å². The van der Waals surface area contributed by atoms with Crippen molar-refractivity contribution in [3.63, 3.8) is 0 Å². The fraction of sp³-hybridized carbons (Fsp3) is 0.364. The molecule has 0 unspecified atom stereocenters. The molecule has 4 N–H and O–H groups in total. The molecular weight excluding hydrogens is 243 g/mol. The maximum Gasteiger partial charge on any atom is 0.210 e. The number of unbranched alkanes of at least 4 members (excludes halogenated alkanes) is 1. The summed E-state index contributed by atoms with van der Waals surface area (Å²) >= 11 is 5.73. The van der Waals surface area contributed by atoms with Gasteiger partial charge in [0, 0.05) is 17.3 Å². The Kier molecular flexibility index (Phi) is 5.72. The summed E-state index contributed by atoms with van der Waals surface area (Å²) in [5.74, 6) is 5.29. The highest BCUT2D eigenvalue weighted by Gasteiger charge is 2.01. The van der Waals surface area contributed by atoms with Crippen LogP contribution in [0.4, 0.5) is 10.1 Å². The second-order valence-corrected chi connectivity index (χ2v) is 3.95. The van der Waals surface area contributed by atoms with Crippen LogP contribution in [0.2, 0.25) is 5.02 Å². The maximum absolute atomic E-state index is 13.1. The Morgan fingerprint density at radius 3 is 2.82 bits per heavy atom. The summed E-state index contributed by atoms with van der Waals surface area (Å²) in [6, 6.07) is 4.15. The minimum absolute atomic E-state index is 0.317. The molecule has 0 saturated heterocycles. The minimum Gasteiger partial charge on any atom is -0.325 e. The lowest BCUT2D eigenvalue weighted by Crippen LogP contribution is -2.36. The molecule has 4 nitrogen and oxygen atoms in total. The van der Waals surface area contributed by atoms with E-state index in [0.717, 1.165) is 12.8 Å². The number of hydrogen-bond acceptors (Lipinski definition) is 2. The number of hydrazine groups is 1. The van der Waals surface area contributed by atoms with Crippen LogP contribution in [0.15, 0.2) is 23.2 Å². The average molecular weight is 259 g/mol. The number of anilines is 1. The third-order valence-electron chi connectivity index (χ3n) is 2.04. The number of halogens is 2. The second-order valence-electron chi connectivity index (χ2n) is 3.51. The molecule has 0 radical (unpaired) electrons. The van der Waals surface area contributed by atoms with E-state index in [1.165, 1.54) is 12.1 Å². The highest BCUT2D eigenvalue weighted by atomic mass is 35.5. The fourth-order valence-electron chi connectivity index (χ4n) is 1.23. The van der Waals surface area contributed by atoms with Gasteiger partial charge in [-0.3, -0.25) is 10.4 Å². The van der Waals surface area contributed by atoms with Gasteiger partial charge < -0.3 is 5.32 Å². The minimum atomic E-state index is -0.412. The molecule has 0 saturated carbocycles. The van der Waals surface area contributed by atoms with E-state index in [-0.39, 0.29) is 0 Å². The van der Waals surface area contributed by atoms with Crippen molar-refractivity contribution in [2.24, 2.45) is 10.8 Å². The number of benzene rings is 1. The zero-order valence-electron chi connectivity index (χ0n) is 9.63. The third kappa shape index (κ3) is 5.01. The van der Waals surface area contributed by atoms with E-state index < -0.39 is 5.82 Å². The molecule has 0 heterocycles. The van der Waals surface area contributed by atoms with Gasteiger partial charge in [0.05, 0.1) is 0 Å². The molecule has 17 heavy (non-hydrogen) atoms. The van der Waals surface area contributed by atoms with E-state index in [0.29, 0.717) is 23.2 Å². The van der Waals surface area contributed by atoms with E-state index in [1.54, 1.807) is 6.07 Å². The van der Waals surface area contributed by atoms with Crippen molar-refractivity contribution in [1.29, 1.82) is 0 Å². The predicted molar refractivity (Wildman–Crippen MR) is 69.6 cm³/mol. The normalized spacial score (nSPS) is 11.4. The van der Waals surface area contributed by atoms with Crippen molar-refractivity contribution in [2.45, 2.75) is 19.8 Å². The monoisotopic (exact) mass is 258 g/mol. The van der Waals surface area contributed by atoms with Gasteiger partial charge in [-0.2, -0.15) is 0 Å². The molecule has 1 aromatic carbocycles. The molecule has 1 rings (SSSR count). The zero-order valence-corrected chi connectivity index (χ0v) is 10.4. The Morgan fingerprint density at radius 2 is 2.24 bits per heavy atom. The molecule has 1 aromatic rings. The lowest BCUT2D eigenvalue weighted by molar-refractivity contribution is 0.628. The molecule has 94 valence electrons. The lowest BCUT2D eigenvalue weighted by atomic mass is 10.3. The van der Waals surface area contributed by atoms with Crippen LogP contribution >= 0.6 is 11.6 Å². The van der Waals surface area contributed by atoms with Crippen LogP contribution in [0.5, 0.6) is 0 Å². The van der Waals surface area contributed by atoms with Crippen LogP contribution in [0, 0.1) is 5.82 Å². The van der Waals surface area contributed by atoms with Crippen LogP contribution in [-0.2, 0) is 0 Å². The largest absolute Gasteiger partial charge is 0.325 e. The third-order valence-corrected chi connectivity index (χ3v) is 2.26. The van der Waals surface area contributed by atoms with Gasteiger partial charge in [0.1, 0.15) is 5.82 Å². The van der Waals surface area contributed by atoms with Crippen molar-refractivity contribution in [3.8, 4) is 0 Å². The van der Waals surface area contributed by atoms with Gasteiger partial charge in [0.2, 0.25) is 5.96 Å². The summed E-state index contributed by atoms with van der Waals surface area (Å²) in [4.78, 5) is 4.19. The Morgan fingerprint density at radius 1 is 1.47 bits per heavy atom. The van der Waals surface area contributed by atoms with Gasteiger partial charge in [0.25, 0.3) is 0 Å². The molecule has 0 aromatic heterocycles. The highest BCUT2D eigenvalue weighted by Crippen LogP contribution is 2.17. The van der Waals surface area contributed by atoms with Gasteiger partial charge in [-0.25, -0.2) is 10.2 Å². The van der Waals surface area contributed by atoms with Gasteiger partial charge >= 0.3 is 0 Å². The Balaban J connectivity index is 2.69. The smallest absolute Gasteiger partial charge is 0.210 e. The number of aliphatic imine (C=N–C) groups is 1. The van der Waals surface area contributed by atoms with Gasteiger partial charge in [-0.05, 0) is 24.6 Å². The van der Waals surface area contributed by atoms with Crippen LogP contribution in [-0.4, -0.2) is 12.5 Å². The Labute approximate surface area is 105 Å². The van der Waals surface area contributed by atoms with Crippen molar-refractivity contribution in [3.05, 3.63) is 29.0 Å². The number of nitrogens with two attached hydrogens (primary N) is 1. The van der Waals surface area contributed by atoms with Gasteiger partial charge in [-0.15, -0.1) is 0 Å². The van der Waals surface area contributed by atoms with Crippen molar-refractivity contribution in [1.82, 2.24) is 5.43 Å². The maximum atomic E-state index is 13.1. The van der Waals surface area contributed by atoms with Crippen molar-refractivity contribution < 1.29 is 4.39 Å². The fourth-order valence-corrected chi connectivity index (χ4v) is 1.45. The average Bonchev–Trinajstić information content (AvgIpc) is 2.26. The first-order chi connectivity index (χ1) is 8.15. The van der Waals surface area contributed by atoms with E-state index in [2.05, 4.69) is 22.7 Å². The molecule has 0 fully saturated rings. The lowest BCUT2D eigenvalue weighted by Gasteiger charge is -2.09. The van der Waals surface area contributed by atoms with Gasteiger partial charge in [-0.1, -0.05) is 24.9 Å². The molecule has 0 aliphatic rings. The summed E-state index contributed by atoms with van der Waals surface area (Å²) in [6.45, 7) is 2.73. The first-order valence-electron chi connectivity index (χ1n) is 5.40. The van der Waals surface area contributed by atoms with Crippen LogP contribution in [0.3, 0.4) is 0 Å². The zero-order chi connectivity index (χ0) is 12.7. The van der Waals surface area contributed by atoms with Crippen LogP contribution < -0.4 is 16.6 Å². The topological polar surface area (TPSA) is 62.4 Å². The molecular formula is C11H16ClFN4. The number of nitrogens with one attached hydrogen (secondary N) is 2. The molecule has 0 amide bonds. The second kappa shape index (κ2) is 7.09. The predicted octanol–water partition coefficient (Wildman–Crippen LogP) is 2.51. The van der Waals surface area contributed by atoms with Crippen LogP contribution in [0.25, 0.3) is 0 Å². The summed E-state index contributed by atoms with van der Waals surface area (Å²) < 4.78 is 13.1. The Bertz CT molecular complexity index is 375. The first-order valence-corrected chi connectivity index (χ1v) is 5.77. The summed E-state index contributed by atoms with van der Waals surface area (Å²) in [5.41, 5.74) is 2.92. The van der Waals surface area contributed by atoms with E-state index >= 15 is 0 Å².